The van der Waals surface area contributed by atoms with Gasteiger partial charge in [-0.25, -0.2) is 17.9 Å². The minimum Gasteiger partial charge on any atom is -0.338 e. The molecular weight excluding hydrogens is 326 g/mol. The van der Waals surface area contributed by atoms with Crippen molar-refractivity contribution in [3.05, 3.63) is 35.9 Å². The third-order valence-corrected chi connectivity index (χ3v) is 5.84. The normalized spacial score (nSPS) is 22.4. The van der Waals surface area contributed by atoms with Crippen molar-refractivity contribution in [2.24, 2.45) is 5.41 Å². The molecule has 132 valence electrons. The van der Waals surface area contributed by atoms with E-state index in [2.05, 4.69) is 22.2 Å². The first-order chi connectivity index (χ1) is 11.4. The van der Waals surface area contributed by atoms with Crippen LogP contribution < -0.4 is 10.0 Å². The van der Waals surface area contributed by atoms with Gasteiger partial charge in [-0.05, 0) is 36.7 Å². The number of hydrogen-bond acceptors (Lipinski definition) is 3. The molecule has 1 aromatic rings. The maximum atomic E-state index is 12.2. The van der Waals surface area contributed by atoms with Gasteiger partial charge < -0.3 is 10.2 Å². The SMILES string of the molecule is CS(=O)(=O)NC1CC12CCN(C(=O)NCCc1ccccc1)CC2. The van der Waals surface area contributed by atoms with Crippen molar-refractivity contribution in [3.63, 3.8) is 0 Å². The Labute approximate surface area is 143 Å². The van der Waals surface area contributed by atoms with Gasteiger partial charge in [0.05, 0.1) is 6.26 Å². The standard InChI is InChI=1S/C17H25N3O3S/c1-24(22,23)19-15-13-17(15)8-11-20(12-9-17)16(21)18-10-7-14-5-3-2-4-6-14/h2-6,15,19H,7-13H2,1H3,(H,18,21). The van der Waals surface area contributed by atoms with Crippen LogP contribution in [0.5, 0.6) is 0 Å². The molecule has 0 radical (unpaired) electrons. The molecule has 7 heteroatoms. The fourth-order valence-corrected chi connectivity index (χ4v) is 4.40. The van der Waals surface area contributed by atoms with Crippen molar-refractivity contribution in [2.75, 3.05) is 25.9 Å². The van der Waals surface area contributed by atoms with E-state index < -0.39 is 10.0 Å². The summed E-state index contributed by atoms with van der Waals surface area (Å²) in [7, 11) is -3.15. The summed E-state index contributed by atoms with van der Waals surface area (Å²) in [5, 5.41) is 2.97. The van der Waals surface area contributed by atoms with Crippen molar-refractivity contribution in [1.29, 1.82) is 0 Å². The van der Waals surface area contributed by atoms with Gasteiger partial charge in [0, 0.05) is 25.7 Å². The van der Waals surface area contributed by atoms with Crippen LogP contribution in [-0.4, -0.2) is 51.3 Å². The van der Waals surface area contributed by atoms with Gasteiger partial charge in [0.2, 0.25) is 10.0 Å². The van der Waals surface area contributed by atoms with Gasteiger partial charge in [0.15, 0.2) is 0 Å². The minimum absolute atomic E-state index is 0.0194. The molecule has 1 aliphatic heterocycles. The van der Waals surface area contributed by atoms with Crippen molar-refractivity contribution in [1.82, 2.24) is 14.9 Å². The van der Waals surface area contributed by atoms with Crippen LogP contribution in [0.4, 0.5) is 4.79 Å². The average molecular weight is 351 g/mol. The number of likely N-dealkylation sites (tertiary alicyclic amines) is 1. The predicted molar refractivity (Wildman–Crippen MR) is 93.2 cm³/mol. The lowest BCUT2D eigenvalue weighted by Gasteiger charge is -2.33. The first-order valence-electron chi connectivity index (χ1n) is 8.42. The van der Waals surface area contributed by atoms with E-state index in [4.69, 9.17) is 0 Å². The van der Waals surface area contributed by atoms with Crippen molar-refractivity contribution in [2.45, 2.75) is 31.7 Å². The Bertz CT molecular complexity index is 682. The van der Waals surface area contributed by atoms with Gasteiger partial charge in [0.25, 0.3) is 0 Å². The van der Waals surface area contributed by atoms with Crippen molar-refractivity contribution < 1.29 is 13.2 Å². The number of amides is 2. The van der Waals surface area contributed by atoms with E-state index in [1.54, 1.807) is 0 Å². The summed E-state index contributed by atoms with van der Waals surface area (Å²) < 4.78 is 25.4. The second-order valence-electron chi connectivity index (χ2n) is 6.96. The van der Waals surface area contributed by atoms with Crippen molar-refractivity contribution >= 4 is 16.1 Å². The van der Waals surface area contributed by atoms with Gasteiger partial charge in [-0.2, -0.15) is 0 Å². The highest BCUT2D eigenvalue weighted by Crippen LogP contribution is 2.54. The van der Waals surface area contributed by atoms with E-state index >= 15 is 0 Å². The van der Waals surface area contributed by atoms with Crippen LogP contribution in [0.25, 0.3) is 0 Å². The highest BCUT2D eigenvalue weighted by molar-refractivity contribution is 7.88. The predicted octanol–water partition coefficient (Wildman–Crippen LogP) is 1.34. The highest BCUT2D eigenvalue weighted by atomic mass is 32.2. The second-order valence-corrected chi connectivity index (χ2v) is 8.74. The zero-order valence-corrected chi connectivity index (χ0v) is 14.8. The lowest BCUT2D eigenvalue weighted by Crippen LogP contribution is -2.46. The summed E-state index contributed by atoms with van der Waals surface area (Å²) in [5.41, 5.74) is 1.28. The van der Waals surface area contributed by atoms with Crippen molar-refractivity contribution in [3.8, 4) is 0 Å². The minimum atomic E-state index is -3.15. The summed E-state index contributed by atoms with van der Waals surface area (Å²) >= 11 is 0. The number of sulfonamides is 1. The number of urea groups is 1. The van der Waals surface area contributed by atoms with Crippen LogP contribution in [0.2, 0.25) is 0 Å². The fraction of sp³-hybridized carbons (Fsp3) is 0.588. The Morgan fingerprint density at radius 1 is 1.25 bits per heavy atom. The molecule has 0 bridgehead atoms. The molecule has 1 unspecified atom stereocenters. The molecule has 0 aromatic heterocycles. The molecule has 1 saturated carbocycles. The Morgan fingerprint density at radius 3 is 2.54 bits per heavy atom. The molecule has 1 aliphatic carbocycles. The van der Waals surface area contributed by atoms with E-state index in [-0.39, 0.29) is 17.5 Å². The first-order valence-corrected chi connectivity index (χ1v) is 10.3. The number of hydrogen-bond donors (Lipinski definition) is 2. The summed E-state index contributed by atoms with van der Waals surface area (Å²) in [6.07, 6.45) is 4.65. The molecule has 1 spiro atoms. The van der Waals surface area contributed by atoms with Crippen LogP contribution in [0.15, 0.2) is 30.3 Å². The molecule has 1 atom stereocenters. The zero-order chi connectivity index (χ0) is 17.2. The molecule has 2 fully saturated rings. The number of nitrogens with zero attached hydrogens (tertiary/aromatic N) is 1. The van der Waals surface area contributed by atoms with Gasteiger partial charge in [0.1, 0.15) is 0 Å². The number of piperidine rings is 1. The number of rotatable bonds is 5. The summed E-state index contributed by atoms with van der Waals surface area (Å²) in [6.45, 7) is 2.01. The van der Waals surface area contributed by atoms with E-state index in [1.807, 2.05) is 23.1 Å². The molecular formula is C17H25N3O3S. The van der Waals surface area contributed by atoms with Gasteiger partial charge >= 0.3 is 6.03 Å². The smallest absolute Gasteiger partial charge is 0.317 e. The fourth-order valence-electron chi connectivity index (χ4n) is 3.55. The molecule has 24 heavy (non-hydrogen) atoms. The molecule has 1 aromatic carbocycles. The van der Waals surface area contributed by atoms with Crippen LogP contribution >= 0.6 is 0 Å². The summed E-state index contributed by atoms with van der Waals surface area (Å²) in [4.78, 5) is 14.1. The quantitative estimate of drug-likeness (QED) is 0.840. The lowest BCUT2D eigenvalue weighted by molar-refractivity contribution is 0.162. The first kappa shape index (κ1) is 17.2. The Balaban J connectivity index is 1.40. The molecule has 1 heterocycles. The van der Waals surface area contributed by atoms with E-state index in [9.17, 15) is 13.2 Å². The topological polar surface area (TPSA) is 78.5 Å². The van der Waals surface area contributed by atoms with Gasteiger partial charge in [-0.15, -0.1) is 0 Å². The number of carbonyl (C=O) groups excluding carboxylic acids is 1. The number of benzene rings is 1. The third-order valence-electron chi connectivity index (χ3n) is 5.13. The third kappa shape index (κ3) is 4.27. The Hall–Kier alpha value is -1.60. The Morgan fingerprint density at radius 2 is 1.92 bits per heavy atom. The van der Waals surface area contributed by atoms with Crippen LogP contribution in [0.3, 0.4) is 0 Å². The molecule has 1 saturated heterocycles. The maximum absolute atomic E-state index is 12.2. The monoisotopic (exact) mass is 351 g/mol. The molecule has 2 amide bonds. The molecule has 3 rings (SSSR count). The second kappa shape index (κ2) is 6.72. The van der Waals surface area contributed by atoms with Crippen LogP contribution in [0, 0.1) is 5.41 Å². The largest absolute Gasteiger partial charge is 0.338 e. The summed E-state index contributed by atoms with van der Waals surface area (Å²) in [5.74, 6) is 0. The molecule has 2 N–H and O–H groups in total. The molecule has 2 aliphatic rings. The van der Waals surface area contributed by atoms with Gasteiger partial charge in [-0.1, -0.05) is 30.3 Å². The van der Waals surface area contributed by atoms with Gasteiger partial charge in [-0.3, -0.25) is 0 Å². The van der Waals surface area contributed by atoms with Crippen LogP contribution in [0.1, 0.15) is 24.8 Å². The van der Waals surface area contributed by atoms with E-state index in [1.165, 1.54) is 11.8 Å². The van der Waals surface area contributed by atoms with Crippen LogP contribution in [-0.2, 0) is 16.4 Å². The van der Waals surface area contributed by atoms with E-state index in [0.717, 1.165) is 25.7 Å². The average Bonchev–Trinajstić information content (AvgIpc) is 3.18. The highest BCUT2D eigenvalue weighted by Gasteiger charge is 2.56. The van der Waals surface area contributed by atoms with E-state index in [0.29, 0.717) is 19.6 Å². The molecule has 6 nitrogen and oxygen atoms in total. The Kier molecular flexibility index (Phi) is 4.83. The lowest BCUT2D eigenvalue weighted by atomic mass is 9.93. The number of carbonyl (C=O) groups is 1. The maximum Gasteiger partial charge on any atom is 0.317 e. The summed E-state index contributed by atoms with van der Waals surface area (Å²) in [6, 6.07) is 10.1. The zero-order valence-electron chi connectivity index (χ0n) is 14.0. The number of nitrogens with one attached hydrogen (secondary N) is 2.